The molecule has 0 radical (unpaired) electrons. The zero-order valence-corrected chi connectivity index (χ0v) is 12.8. The van der Waals surface area contributed by atoms with Gasteiger partial charge in [-0.15, -0.1) is 11.3 Å². The van der Waals surface area contributed by atoms with Gasteiger partial charge in [0.05, 0.1) is 16.9 Å². The fraction of sp³-hybridized carbons (Fsp3) is 0.0667. The lowest BCUT2D eigenvalue weighted by Crippen LogP contribution is -2.13. The van der Waals surface area contributed by atoms with Gasteiger partial charge in [0, 0.05) is 17.5 Å². The molecule has 7 nitrogen and oxygen atoms in total. The van der Waals surface area contributed by atoms with Crippen molar-refractivity contribution in [2.45, 2.75) is 6.92 Å². The molecule has 0 unspecified atom stereocenters. The molecule has 0 saturated carbocycles. The zero-order valence-electron chi connectivity index (χ0n) is 12.0. The topological polar surface area (TPSA) is 98.3 Å². The molecule has 0 atom stereocenters. The molecule has 0 aliphatic carbocycles. The number of amides is 1. The minimum atomic E-state index is -0.507. The number of carbonyl (C=O) groups is 1. The molecule has 0 aliphatic heterocycles. The maximum absolute atomic E-state index is 12.3. The van der Waals surface area contributed by atoms with Crippen molar-refractivity contribution in [2.24, 2.45) is 0 Å². The van der Waals surface area contributed by atoms with E-state index in [0.29, 0.717) is 16.5 Å². The second-order valence-electron chi connectivity index (χ2n) is 4.73. The van der Waals surface area contributed by atoms with Crippen LogP contribution in [-0.2, 0) is 0 Å². The summed E-state index contributed by atoms with van der Waals surface area (Å²) in [5.74, 6) is 0.156. The molecule has 23 heavy (non-hydrogen) atoms. The Morgan fingerprint density at radius 3 is 2.91 bits per heavy atom. The first-order valence-electron chi connectivity index (χ1n) is 6.60. The average molecular weight is 329 g/mol. The monoisotopic (exact) mass is 329 g/mol. The second kappa shape index (κ2) is 6.01. The largest absolute Gasteiger partial charge is 0.462 e. The van der Waals surface area contributed by atoms with Crippen LogP contribution in [0.4, 0.5) is 11.4 Å². The van der Waals surface area contributed by atoms with Crippen LogP contribution >= 0.6 is 11.3 Å². The van der Waals surface area contributed by atoms with E-state index in [1.54, 1.807) is 30.5 Å². The molecule has 1 N–H and O–H groups in total. The van der Waals surface area contributed by atoms with Crippen LogP contribution in [0.3, 0.4) is 0 Å². The van der Waals surface area contributed by atoms with Gasteiger partial charge in [0.2, 0.25) is 0 Å². The zero-order chi connectivity index (χ0) is 16.4. The summed E-state index contributed by atoms with van der Waals surface area (Å²) in [6, 6.07) is 7.80. The predicted octanol–water partition coefficient (Wildman–Crippen LogP) is 3.87. The van der Waals surface area contributed by atoms with Crippen molar-refractivity contribution in [3.63, 3.8) is 0 Å². The second-order valence-corrected chi connectivity index (χ2v) is 5.58. The Balaban J connectivity index is 1.82. The molecule has 3 aromatic rings. The molecule has 0 fully saturated rings. The van der Waals surface area contributed by atoms with E-state index < -0.39 is 10.8 Å². The van der Waals surface area contributed by atoms with Crippen LogP contribution in [0.25, 0.3) is 10.8 Å². The maximum atomic E-state index is 12.3. The lowest BCUT2D eigenvalue weighted by molar-refractivity contribution is -0.384. The molecule has 0 bridgehead atoms. The van der Waals surface area contributed by atoms with Crippen LogP contribution in [-0.4, -0.2) is 15.8 Å². The van der Waals surface area contributed by atoms with Gasteiger partial charge in [-0.2, -0.15) is 0 Å². The van der Waals surface area contributed by atoms with E-state index in [1.807, 2.05) is 0 Å². The van der Waals surface area contributed by atoms with Crippen molar-refractivity contribution in [2.75, 3.05) is 5.32 Å². The third-order valence-corrected chi connectivity index (χ3v) is 4.01. The van der Waals surface area contributed by atoms with Gasteiger partial charge < -0.3 is 9.73 Å². The molecule has 116 valence electrons. The molecule has 0 spiro atoms. The van der Waals surface area contributed by atoms with Gasteiger partial charge in [0.25, 0.3) is 11.6 Å². The molecule has 2 heterocycles. The Labute approximate surface area is 134 Å². The molecule has 1 amide bonds. The molecule has 0 aliphatic rings. The number of furan rings is 1. The third-order valence-electron chi connectivity index (χ3n) is 3.15. The summed E-state index contributed by atoms with van der Waals surface area (Å²) in [4.78, 5) is 26.8. The molecular formula is C15H11N3O4S. The molecule has 3 rings (SSSR count). The van der Waals surface area contributed by atoms with E-state index >= 15 is 0 Å². The molecule has 8 heteroatoms. The lowest BCUT2D eigenvalue weighted by Gasteiger charge is -2.06. The van der Waals surface area contributed by atoms with Gasteiger partial charge in [0.1, 0.15) is 5.69 Å². The van der Waals surface area contributed by atoms with Gasteiger partial charge in [0.15, 0.2) is 10.8 Å². The number of nitrogens with zero attached hydrogens (tertiary/aromatic N) is 2. The first kappa shape index (κ1) is 14.9. The normalized spacial score (nSPS) is 10.5. The number of rotatable bonds is 4. The quantitative estimate of drug-likeness (QED) is 0.578. The number of aromatic nitrogens is 1. The lowest BCUT2D eigenvalue weighted by atomic mass is 10.2. The van der Waals surface area contributed by atoms with Gasteiger partial charge in [-0.1, -0.05) is 6.07 Å². The standard InChI is InChI=1S/C15H11N3O4S/c1-9-4-5-10(18(20)21)7-11(9)16-14(19)12-8-23-15(17-12)13-3-2-6-22-13/h2-8H,1H3,(H,16,19). The number of benzene rings is 1. The number of nitro groups is 1. The van der Waals surface area contributed by atoms with Crippen molar-refractivity contribution in [1.82, 2.24) is 4.98 Å². The summed E-state index contributed by atoms with van der Waals surface area (Å²) in [5.41, 5.74) is 1.26. The van der Waals surface area contributed by atoms with Crippen molar-refractivity contribution in [1.29, 1.82) is 0 Å². The number of nitro benzene ring substituents is 1. The summed E-state index contributed by atoms with van der Waals surface area (Å²) < 4.78 is 5.23. The Hall–Kier alpha value is -3.00. The van der Waals surface area contributed by atoms with Crippen LogP contribution in [0.2, 0.25) is 0 Å². The number of hydrogen-bond acceptors (Lipinski definition) is 6. The molecular weight excluding hydrogens is 318 g/mol. The van der Waals surface area contributed by atoms with Gasteiger partial charge in [-0.3, -0.25) is 14.9 Å². The van der Waals surface area contributed by atoms with Crippen LogP contribution < -0.4 is 5.32 Å². The van der Waals surface area contributed by atoms with E-state index in [1.165, 1.54) is 29.7 Å². The van der Waals surface area contributed by atoms with Crippen molar-refractivity contribution in [3.05, 3.63) is 63.3 Å². The third kappa shape index (κ3) is 3.11. The Morgan fingerprint density at radius 1 is 1.39 bits per heavy atom. The minimum Gasteiger partial charge on any atom is -0.462 e. The van der Waals surface area contributed by atoms with Crippen LogP contribution in [0.1, 0.15) is 16.1 Å². The summed E-state index contributed by atoms with van der Waals surface area (Å²) in [6.45, 7) is 1.76. The molecule has 2 aromatic heterocycles. The Morgan fingerprint density at radius 2 is 2.22 bits per heavy atom. The highest BCUT2D eigenvalue weighted by Crippen LogP contribution is 2.26. The number of carbonyl (C=O) groups excluding carboxylic acids is 1. The van der Waals surface area contributed by atoms with E-state index in [2.05, 4.69) is 10.3 Å². The summed E-state index contributed by atoms with van der Waals surface area (Å²) in [5, 5.41) is 15.7. The number of nitrogens with one attached hydrogen (secondary N) is 1. The average Bonchev–Trinajstić information content (AvgIpc) is 3.20. The van der Waals surface area contributed by atoms with E-state index in [0.717, 1.165) is 5.56 Å². The van der Waals surface area contributed by atoms with Crippen molar-refractivity contribution < 1.29 is 14.1 Å². The minimum absolute atomic E-state index is 0.0829. The number of hydrogen-bond donors (Lipinski definition) is 1. The highest BCUT2D eigenvalue weighted by Gasteiger charge is 2.16. The first-order chi connectivity index (χ1) is 11.0. The summed E-state index contributed by atoms with van der Waals surface area (Å²) in [6.07, 6.45) is 1.53. The SMILES string of the molecule is Cc1ccc([N+](=O)[O-])cc1NC(=O)c1csc(-c2ccco2)n1. The number of non-ortho nitro benzene ring substituents is 1. The smallest absolute Gasteiger partial charge is 0.275 e. The first-order valence-corrected chi connectivity index (χ1v) is 7.48. The number of aryl methyl sites for hydroxylation is 1. The van der Waals surface area contributed by atoms with Crippen LogP contribution in [0.5, 0.6) is 0 Å². The molecule has 0 saturated heterocycles. The highest BCUT2D eigenvalue weighted by molar-refractivity contribution is 7.13. The van der Waals surface area contributed by atoms with Crippen molar-refractivity contribution in [3.8, 4) is 10.8 Å². The number of thiazole rings is 1. The summed E-state index contributed by atoms with van der Waals surface area (Å²) in [7, 11) is 0. The van der Waals surface area contributed by atoms with Crippen molar-refractivity contribution >= 4 is 28.6 Å². The van der Waals surface area contributed by atoms with E-state index in [9.17, 15) is 14.9 Å². The fourth-order valence-corrected chi connectivity index (χ4v) is 2.70. The van der Waals surface area contributed by atoms with E-state index in [-0.39, 0.29) is 11.4 Å². The van der Waals surface area contributed by atoms with Gasteiger partial charge in [-0.25, -0.2) is 4.98 Å². The van der Waals surface area contributed by atoms with Gasteiger partial charge in [-0.05, 0) is 24.6 Å². The highest BCUT2D eigenvalue weighted by atomic mass is 32.1. The molecule has 1 aromatic carbocycles. The fourth-order valence-electron chi connectivity index (χ4n) is 1.94. The number of anilines is 1. The maximum Gasteiger partial charge on any atom is 0.275 e. The van der Waals surface area contributed by atoms with Crippen LogP contribution in [0, 0.1) is 17.0 Å². The van der Waals surface area contributed by atoms with E-state index in [4.69, 9.17) is 4.42 Å². The Kier molecular flexibility index (Phi) is 3.90. The Bertz CT molecular complexity index is 871. The van der Waals surface area contributed by atoms with Crippen LogP contribution in [0.15, 0.2) is 46.4 Å². The summed E-state index contributed by atoms with van der Waals surface area (Å²) >= 11 is 1.28. The van der Waals surface area contributed by atoms with Gasteiger partial charge >= 0.3 is 0 Å². The predicted molar refractivity (Wildman–Crippen MR) is 85.6 cm³/mol.